The molecule has 2 aromatic rings. The lowest BCUT2D eigenvalue weighted by Gasteiger charge is -2.12. The van der Waals surface area contributed by atoms with Crippen LogP contribution in [0.25, 0.3) is 0 Å². The average molecular weight is 389 g/mol. The van der Waals surface area contributed by atoms with Crippen LogP contribution in [0, 0.1) is 5.82 Å². The van der Waals surface area contributed by atoms with Crippen molar-refractivity contribution in [1.29, 1.82) is 0 Å². The fraction of sp³-hybridized carbons (Fsp3) is 0.211. The first kappa shape index (κ1) is 20.4. The number of amides is 3. The second-order valence-corrected chi connectivity index (χ2v) is 7.09. The smallest absolute Gasteiger partial charge is 0.237 e. The van der Waals surface area contributed by atoms with Crippen LogP contribution >= 0.6 is 11.8 Å². The van der Waals surface area contributed by atoms with Crippen LogP contribution in [0.2, 0.25) is 0 Å². The Morgan fingerprint density at radius 2 is 1.37 bits per heavy atom. The zero-order chi connectivity index (χ0) is 19.8. The molecule has 0 aliphatic heterocycles. The van der Waals surface area contributed by atoms with E-state index in [-0.39, 0.29) is 29.3 Å². The van der Waals surface area contributed by atoms with Gasteiger partial charge >= 0.3 is 0 Å². The molecule has 0 aliphatic rings. The number of hydrogen-bond acceptors (Lipinski definition) is 4. The number of carbonyl (C=O) groups is 3. The molecule has 0 bridgehead atoms. The van der Waals surface area contributed by atoms with Gasteiger partial charge in [-0.25, -0.2) is 4.39 Å². The molecule has 0 radical (unpaired) electrons. The van der Waals surface area contributed by atoms with E-state index in [0.29, 0.717) is 17.1 Å². The maximum absolute atomic E-state index is 12.8. The van der Waals surface area contributed by atoms with E-state index in [2.05, 4.69) is 16.0 Å². The highest BCUT2D eigenvalue weighted by Crippen LogP contribution is 2.17. The summed E-state index contributed by atoms with van der Waals surface area (Å²) in [4.78, 5) is 35.1. The van der Waals surface area contributed by atoms with Gasteiger partial charge in [0.1, 0.15) is 5.82 Å². The van der Waals surface area contributed by atoms with Crippen LogP contribution in [-0.4, -0.2) is 28.7 Å². The van der Waals surface area contributed by atoms with Gasteiger partial charge in [-0.15, -0.1) is 11.8 Å². The third kappa shape index (κ3) is 7.10. The lowest BCUT2D eigenvalue weighted by Crippen LogP contribution is -2.25. The third-order valence-electron chi connectivity index (χ3n) is 3.43. The topological polar surface area (TPSA) is 87.3 Å². The van der Waals surface area contributed by atoms with Crippen molar-refractivity contribution >= 4 is 46.5 Å². The number of thioether (sulfide) groups is 1. The van der Waals surface area contributed by atoms with Gasteiger partial charge in [-0.05, 0) is 55.5 Å². The van der Waals surface area contributed by atoms with E-state index in [1.54, 1.807) is 31.2 Å². The van der Waals surface area contributed by atoms with Gasteiger partial charge in [0.15, 0.2) is 0 Å². The van der Waals surface area contributed by atoms with Gasteiger partial charge in [0.25, 0.3) is 0 Å². The van der Waals surface area contributed by atoms with E-state index >= 15 is 0 Å². The molecule has 0 fully saturated rings. The Bertz CT molecular complexity index is 810. The van der Waals surface area contributed by atoms with Crippen molar-refractivity contribution in [2.24, 2.45) is 0 Å². The Morgan fingerprint density at radius 3 is 1.93 bits per heavy atom. The number of halogens is 1. The van der Waals surface area contributed by atoms with Crippen LogP contribution in [0.5, 0.6) is 0 Å². The Morgan fingerprint density at radius 1 is 0.889 bits per heavy atom. The lowest BCUT2D eigenvalue weighted by atomic mass is 10.2. The van der Waals surface area contributed by atoms with E-state index in [9.17, 15) is 18.8 Å². The SMILES string of the molecule is CC(=O)Nc1ccc(NC(=O)[C@@H](C)SCC(=O)Nc2ccc(F)cc2)cc1. The lowest BCUT2D eigenvalue weighted by molar-refractivity contribution is -0.115. The van der Waals surface area contributed by atoms with Gasteiger partial charge in [0.05, 0.1) is 11.0 Å². The molecule has 0 unspecified atom stereocenters. The molecule has 1 atom stereocenters. The van der Waals surface area contributed by atoms with E-state index < -0.39 is 5.25 Å². The zero-order valence-corrected chi connectivity index (χ0v) is 15.7. The van der Waals surface area contributed by atoms with Crippen molar-refractivity contribution in [2.75, 3.05) is 21.7 Å². The predicted octanol–water partition coefficient (Wildman–Crippen LogP) is 3.48. The monoisotopic (exact) mass is 389 g/mol. The van der Waals surface area contributed by atoms with E-state index in [1.807, 2.05) is 0 Å². The summed E-state index contributed by atoms with van der Waals surface area (Å²) in [6, 6.07) is 12.2. The molecule has 6 nitrogen and oxygen atoms in total. The highest BCUT2D eigenvalue weighted by atomic mass is 32.2. The summed E-state index contributed by atoms with van der Waals surface area (Å²) >= 11 is 1.19. The molecule has 27 heavy (non-hydrogen) atoms. The van der Waals surface area contributed by atoms with Crippen molar-refractivity contribution < 1.29 is 18.8 Å². The second-order valence-electron chi connectivity index (χ2n) is 5.76. The van der Waals surface area contributed by atoms with Crippen molar-refractivity contribution in [2.45, 2.75) is 19.1 Å². The average Bonchev–Trinajstić information content (AvgIpc) is 2.62. The molecule has 0 aliphatic carbocycles. The normalized spacial score (nSPS) is 11.4. The Hall–Kier alpha value is -2.87. The number of hydrogen-bond donors (Lipinski definition) is 3. The molecule has 0 heterocycles. The number of anilines is 3. The first-order valence-electron chi connectivity index (χ1n) is 8.19. The summed E-state index contributed by atoms with van der Waals surface area (Å²) in [6.07, 6.45) is 0. The van der Waals surface area contributed by atoms with Gasteiger partial charge in [-0.2, -0.15) is 0 Å². The Balaban J connectivity index is 1.78. The van der Waals surface area contributed by atoms with Gasteiger partial charge in [-0.1, -0.05) is 0 Å². The summed E-state index contributed by atoms with van der Waals surface area (Å²) in [5.41, 5.74) is 1.73. The van der Waals surface area contributed by atoms with Crippen LogP contribution in [-0.2, 0) is 14.4 Å². The first-order chi connectivity index (χ1) is 12.8. The van der Waals surface area contributed by atoms with Crippen LogP contribution < -0.4 is 16.0 Å². The van der Waals surface area contributed by atoms with Crippen LogP contribution in [0.15, 0.2) is 48.5 Å². The molecular formula is C19H20FN3O3S. The highest BCUT2D eigenvalue weighted by Gasteiger charge is 2.15. The Labute approximate surface area is 160 Å². The predicted molar refractivity (Wildman–Crippen MR) is 106 cm³/mol. The van der Waals surface area contributed by atoms with Gasteiger partial charge < -0.3 is 16.0 Å². The van der Waals surface area contributed by atoms with Crippen LogP contribution in [0.4, 0.5) is 21.5 Å². The third-order valence-corrected chi connectivity index (χ3v) is 4.58. The zero-order valence-electron chi connectivity index (χ0n) is 14.9. The van der Waals surface area contributed by atoms with Gasteiger partial charge in [0.2, 0.25) is 17.7 Å². The summed E-state index contributed by atoms with van der Waals surface area (Å²) in [6.45, 7) is 3.12. The van der Waals surface area contributed by atoms with Crippen LogP contribution in [0.1, 0.15) is 13.8 Å². The number of nitrogens with one attached hydrogen (secondary N) is 3. The molecule has 0 saturated heterocycles. The largest absolute Gasteiger partial charge is 0.326 e. The molecule has 0 aromatic heterocycles. The second kappa shape index (κ2) is 9.72. The number of carbonyl (C=O) groups excluding carboxylic acids is 3. The molecule has 3 amide bonds. The van der Waals surface area contributed by atoms with Crippen molar-refractivity contribution in [3.05, 3.63) is 54.3 Å². The quantitative estimate of drug-likeness (QED) is 0.677. The molecule has 0 spiro atoms. The van der Waals surface area contributed by atoms with Crippen molar-refractivity contribution in [3.8, 4) is 0 Å². The van der Waals surface area contributed by atoms with Crippen molar-refractivity contribution in [3.63, 3.8) is 0 Å². The molecule has 8 heteroatoms. The maximum atomic E-state index is 12.8. The van der Waals surface area contributed by atoms with Gasteiger partial charge in [0, 0.05) is 24.0 Å². The van der Waals surface area contributed by atoms with E-state index in [0.717, 1.165) is 0 Å². The Kier molecular flexibility index (Phi) is 7.36. The molecule has 3 N–H and O–H groups in total. The standard InChI is InChI=1S/C19H20FN3O3S/c1-12(27-11-18(25)22-16-5-3-14(20)4-6-16)19(26)23-17-9-7-15(8-10-17)21-13(2)24/h3-10,12H,11H2,1-2H3,(H,21,24)(H,22,25)(H,23,26)/t12-/m1/s1. The van der Waals surface area contributed by atoms with Crippen molar-refractivity contribution in [1.82, 2.24) is 0 Å². The minimum absolute atomic E-state index is 0.0907. The molecule has 0 saturated carbocycles. The molecule has 2 rings (SSSR count). The summed E-state index contributed by atoms with van der Waals surface area (Å²) in [7, 11) is 0. The van der Waals surface area contributed by atoms with Crippen LogP contribution in [0.3, 0.4) is 0 Å². The molecular weight excluding hydrogens is 369 g/mol. The van der Waals surface area contributed by atoms with E-state index in [1.165, 1.54) is 43.0 Å². The summed E-state index contributed by atoms with van der Waals surface area (Å²) in [5.74, 6) is -0.964. The highest BCUT2D eigenvalue weighted by molar-refractivity contribution is 8.01. The first-order valence-corrected chi connectivity index (χ1v) is 9.24. The van der Waals surface area contributed by atoms with E-state index in [4.69, 9.17) is 0 Å². The molecule has 142 valence electrons. The fourth-order valence-electron chi connectivity index (χ4n) is 2.09. The summed E-state index contributed by atoms with van der Waals surface area (Å²) < 4.78 is 12.8. The minimum atomic E-state index is -0.445. The molecule has 2 aromatic carbocycles. The number of benzene rings is 2. The summed E-state index contributed by atoms with van der Waals surface area (Å²) in [5, 5.41) is 7.60. The maximum Gasteiger partial charge on any atom is 0.237 e. The number of rotatable bonds is 7. The minimum Gasteiger partial charge on any atom is -0.326 e. The van der Waals surface area contributed by atoms with Gasteiger partial charge in [-0.3, -0.25) is 14.4 Å². The fourth-order valence-corrected chi connectivity index (χ4v) is 2.77.